The minimum Gasteiger partial charge on any atom is -0.496 e. The number of hydrogen-bond acceptors (Lipinski definition) is 3. The number of nitriles is 1. The molecular weight excluding hydrogens is 236 g/mol. The van der Waals surface area contributed by atoms with E-state index >= 15 is 0 Å². The summed E-state index contributed by atoms with van der Waals surface area (Å²) < 4.78 is 5.59. The third-order valence-corrected chi connectivity index (χ3v) is 4.00. The fraction of sp³-hybridized carbons (Fsp3) is 0.562. The van der Waals surface area contributed by atoms with Gasteiger partial charge in [0.1, 0.15) is 5.75 Å². The number of benzene rings is 1. The van der Waals surface area contributed by atoms with Gasteiger partial charge in [0.2, 0.25) is 0 Å². The lowest BCUT2D eigenvalue weighted by molar-refractivity contribution is 0.225. The number of methoxy groups -OCH3 is 1. The maximum atomic E-state index is 9.52. The summed E-state index contributed by atoms with van der Waals surface area (Å²) in [4.78, 5) is 2.15. The van der Waals surface area contributed by atoms with Crippen LogP contribution in [0, 0.1) is 30.6 Å². The molecule has 102 valence electrons. The van der Waals surface area contributed by atoms with Crippen LogP contribution in [-0.2, 0) is 0 Å². The van der Waals surface area contributed by atoms with Gasteiger partial charge in [0.15, 0.2) is 0 Å². The Balaban J connectivity index is 2.58. The van der Waals surface area contributed by atoms with Crippen molar-refractivity contribution in [2.75, 3.05) is 21.2 Å². The molecule has 0 bridgehead atoms. The van der Waals surface area contributed by atoms with Crippen LogP contribution in [0.15, 0.2) is 12.1 Å². The molecular formula is C16H22N2O. The molecule has 1 atom stereocenters. The third-order valence-electron chi connectivity index (χ3n) is 4.00. The highest BCUT2D eigenvalue weighted by molar-refractivity contribution is 5.47. The molecule has 3 nitrogen and oxygen atoms in total. The van der Waals surface area contributed by atoms with Gasteiger partial charge in [0.25, 0.3) is 0 Å². The second-order valence-electron chi connectivity index (χ2n) is 5.84. The lowest BCUT2D eigenvalue weighted by Crippen LogP contribution is -2.28. The first kappa shape index (κ1) is 13.9. The van der Waals surface area contributed by atoms with Crippen molar-refractivity contribution in [3.63, 3.8) is 0 Å². The Labute approximate surface area is 115 Å². The summed E-state index contributed by atoms with van der Waals surface area (Å²) >= 11 is 0. The predicted octanol–water partition coefficient (Wildman–Crippen LogP) is 3.22. The maximum absolute atomic E-state index is 9.52. The average Bonchev–Trinajstić information content (AvgIpc) is 3.09. The van der Waals surface area contributed by atoms with E-state index in [1.807, 2.05) is 14.1 Å². The van der Waals surface area contributed by atoms with E-state index in [2.05, 4.69) is 36.9 Å². The zero-order valence-electron chi connectivity index (χ0n) is 12.4. The van der Waals surface area contributed by atoms with Crippen LogP contribution in [0.25, 0.3) is 0 Å². The molecule has 2 rings (SSSR count). The highest BCUT2D eigenvalue weighted by Gasteiger charge is 2.52. The Kier molecular flexibility index (Phi) is 3.56. The number of ether oxygens (including phenoxy) is 1. The Hall–Kier alpha value is -1.53. The van der Waals surface area contributed by atoms with Crippen LogP contribution in [0.3, 0.4) is 0 Å². The van der Waals surface area contributed by atoms with E-state index in [9.17, 15) is 5.26 Å². The summed E-state index contributed by atoms with van der Waals surface area (Å²) in [6, 6.07) is 6.91. The molecule has 1 aliphatic carbocycles. The smallest absolute Gasteiger partial charge is 0.126 e. The summed E-state index contributed by atoms with van der Waals surface area (Å²) in [6.07, 6.45) is 1.95. The molecule has 1 saturated carbocycles. The van der Waals surface area contributed by atoms with E-state index in [-0.39, 0.29) is 11.5 Å². The van der Waals surface area contributed by atoms with Crippen molar-refractivity contribution >= 4 is 0 Å². The summed E-state index contributed by atoms with van der Waals surface area (Å²) in [5.41, 5.74) is 3.26. The Morgan fingerprint density at radius 3 is 2.37 bits per heavy atom. The topological polar surface area (TPSA) is 36.3 Å². The van der Waals surface area contributed by atoms with Crippen molar-refractivity contribution in [2.24, 2.45) is 5.41 Å². The molecule has 0 spiro atoms. The second kappa shape index (κ2) is 4.86. The SMILES string of the molecule is COc1c(C)cc(C)cc1C(N(C)C)C1(C#N)CC1. The van der Waals surface area contributed by atoms with Gasteiger partial charge in [0.05, 0.1) is 24.6 Å². The lowest BCUT2D eigenvalue weighted by Gasteiger charge is -2.31. The maximum Gasteiger partial charge on any atom is 0.126 e. The first-order chi connectivity index (χ1) is 8.95. The summed E-state index contributed by atoms with van der Waals surface area (Å²) in [5, 5.41) is 9.52. The normalized spacial score (nSPS) is 17.9. The van der Waals surface area contributed by atoms with Crippen LogP contribution in [0.4, 0.5) is 0 Å². The number of hydrogen-bond donors (Lipinski definition) is 0. The molecule has 19 heavy (non-hydrogen) atoms. The van der Waals surface area contributed by atoms with E-state index in [1.165, 1.54) is 5.56 Å². The highest BCUT2D eigenvalue weighted by Crippen LogP contribution is 2.57. The van der Waals surface area contributed by atoms with Crippen molar-refractivity contribution in [1.29, 1.82) is 5.26 Å². The summed E-state index contributed by atoms with van der Waals surface area (Å²) in [7, 11) is 5.79. The number of aryl methyl sites for hydroxylation is 2. The Morgan fingerprint density at radius 1 is 1.32 bits per heavy atom. The van der Waals surface area contributed by atoms with Gasteiger partial charge < -0.3 is 9.64 Å². The van der Waals surface area contributed by atoms with Crippen molar-refractivity contribution < 1.29 is 4.74 Å². The molecule has 0 amide bonds. The lowest BCUT2D eigenvalue weighted by atomic mass is 9.87. The van der Waals surface area contributed by atoms with E-state index in [4.69, 9.17) is 4.74 Å². The Morgan fingerprint density at radius 2 is 1.95 bits per heavy atom. The molecule has 0 aromatic heterocycles. The molecule has 0 radical (unpaired) electrons. The molecule has 0 N–H and O–H groups in total. The third kappa shape index (κ3) is 2.33. The van der Waals surface area contributed by atoms with Crippen LogP contribution in [0.5, 0.6) is 5.75 Å². The van der Waals surface area contributed by atoms with Gasteiger partial charge >= 0.3 is 0 Å². The van der Waals surface area contributed by atoms with Crippen molar-refractivity contribution in [3.05, 3.63) is 28.8 Å². The van der Waals surface area contributed by atoms with Crippen LogP contribution in [0.2, 0.25) is 0 Å². The van der Waals surface area contributed by atoms with Crippen molar-refractivity contribution in [2.45, 2.75) is 32.7 Å². The minimum absolute atomic E-state index is 0.103. The first-order valence-corrected chi connectivity index (χ1v) is 6.68. The molecule has 0 heterocycles. The van der Waals surface area contributed by atoms with Gasteiger partial charge in [-0.05, 0) is 46.3 Å². The minimum atomic E-state index is -0.239. The summed E-state index contributed by atoms with van der Waals surface area (Å²) in [6.45, 7) is 4.16. The molecule has 1 unspecified atom stereocenters. The van der Waals surface area contributed by atoms with Gasteiger partial charge in [0, 0.05) is 5.56 Å². The van der Waals surface area contributed by atoms with Gasteiger partial charge in [-0.2, -0.15) is 5.26 Å². The van der Waals surface area contributed by atoms with Gasteiger partial charge in [-0.1, -0.05) is 17.7 Å². The van der Waals surface area contributed by atoms with Crippen molar-refractivity contribution in [1.82, 2.24) is 4.90 Å². The van der Waals surface area contributed by atoms with Crippen LogP contribution in [0.1, 0.15) is 35.6 Å². The molecule has 1 aromatic carbocycles. The van der Waals surface area contributed by atoms with E-state index in [0.29, 0.717) is 0 Å². The zero-order chi connectivity index (χ0) is 14.2. The monoisotopic (exact) mass is 258 g/mol. The highest BCUT2D eigenvalue weighted by atomic mass is 16.5. The van der Waals surface area contributed by atoms with Crippen LogP contribution in [-0.4, -0.2) is 26.1 Å². The van der Waals surface area contributed by atoms with Crippen molar-refractivity contribution in [3.8, 4) is 11.8 Å². The summed E-state index contributed by atoms with van der Waals surface area (Å²) in [5.74, 6) is 0.922. The largest absolute Gasteiger partial charge is 0.496 e. The van der Waals surface area contributed by atoms with E-state index in [1.54, 1.807) is 7.11 Å². The second-order valence-corrected chi connectivity index (χ2v) is 5.84. The average molecular weight is 258 g/mol. The number of rotatable bonds is 4. The fourth-order valence-corrected chi connectivity index (χ4v) is 3.12. The van der Waals surface area contributed by atoms with Gasteiger partial charge in [-0.25, -0.2) is 0 Å². The Bertz CT molecular complexity index is 524. The zero-order valence-corrected chi connectivity index (χ0v) is 12.4. The van der Waals surface area contributed by atoms with E-state index < -0.39 is 0 Å². The first-order valence-electron chi connectivity index (χ1n) is 6.68. The molecule has 1 aromatic rings. The molecule has 3 heteroatoms. The molecule has 0 saturated heterocycles. The molecule has 1 aliphatic rings. The predicted molar refractivity (Wildman–Crippen MR) is 76.2 cm³/mol. The van der Waals surface area contributed by atoms with Gasteiger partial charge in [-0.3, -0.25) is 0 Å². The van der Waals surface area contributed by atoms with Crippen LogP contribution >= 0.6 is 0 Å². The van der Waals surface area contributed by atoms with Gasteiger partial charge in [-0.15, -0.1) is 0 Å². The van der Waals surface area contributed by atoms with E-state index in [0.717, 1.165) is 29.7 Å². The molecule has 0 aliphatic heterocycles. The standard InChI is InChI=1S/C16H22N2O/c1-11-8-12(2)14(19-5)13(9-11)15(18(3)4)16(10-17)6-7-16/h8-9,15H,6-7H2,1-5H3. The fourth-order valence-electron chi connectivity index (χ4n) is 3.12. The molecule has 1 fully saturated rings. The van der Waals surface area contributed by atoms with Crippen LogP contribution < -0.4 is 4.74 Å². The quantitative estimate of drug-likeness (QED) is 0.832. The number of nitrogens with zero attached hydrogens (tertiary/aromatic N) is 2.